The van der Waals surface area contributed by atoms with Crippen LogP contribution in [0.3, 0.4) is 0 Å². The van der Waals surface area contributed by atoms with Crippen LogP contribution in [0.2, 0.25) is 0 Å². The molecular weight excluding hydrogens is 263 g/mol. The lowest BCUT2D eigenvalue weighted by Crippen LogP contribution is -2.44. The molecular formula is C14H19FN2O3. The van der Waals surface area contributed by atoms with E-state index in [4.69, 9.17) is 10.5 Å². The molecule has 110 valence electrons. The standard InChI is InChI=1S/C14H19FN2O3/c15-12-2-1-10(13(16)18)7-11(12)8-17-9-14(19)3-5-20-6-4-14/h1-2,7,17,19H,3-6,8-9H2,(H2,16,18). The van der Waals surface area contributed by atoms with Crippen molar-refractivity contribution in [2.75, 3.05) is 19.8 Å². The minimum atomic E-state index is -0.810. The Hall–Kier alpha value is -1.50. The van der Waals surface area contributed by atoms with E-state index in [9.17, 15) is 14.3 Å². The number of primary amides is 1. The van der Waals surface area contributed by atoms with Crippen molar-refractivity contribution in [2.24, 2.45) is 5.73 Å². The monoisotopic (exact) mass is 282 g/mol. The molecule has 1 saturated heterocycles. The minimum absolute atomic E-state index is 0.232. The zero-order chi connectivity index (χ0) is 14.6. The maximum Gasteiger partial charge on any atom is 0.248 e. The molecule has 1 heterocycles. The Bertz CT molecular complexity index is 487. The number of ether oxygens (including phenoxy) is 1. The van der Waals surface area contributed by atoms with Crippen LogP contribution in [0.4, 0.5) is 4.39 Å². The van der Waals surface area contributed by atoms with Crippen LogP contribution in [-0.2, 0) is 11.3 Å². The molecule has 0 aromatic heterocycles. The highest BCUT2D eigenvalue weighted by molar-refractivity contribution is 5.92. The second-order valence-corrected chi connectivity index (χ2v) is 5.11. The summed E-state index contributed by atoms with van der Waals surface area (Å²) >= 11 is 0. The summed E-state index contributed by atoms with van der Waals surface area (Å²) in [6, 6.07) is 4.01. The third-order valence-electron chi connectivity index (χ3n) is 3.52. The number of halogens is 1. The lowest BCUT2D eigenvalue weighted by Gasteiger charge is -2.32. The maximum atomic E-state index is 13.6. The lowest BCUT2D eigenvalue weighted by atomic mass is 9.94. The lowest BCUT2D eigenvalue weighted by molar-refractivity contribution is -0.0617. The molecule has 2 rings (SSSR count). The van der Waals surface area contributed by atoms with Crippen molar-refractivity contribution in [3.8, 4) is 0 Å². The fourth-order valence-electron chi connectivity index (χ4n) is 2.22. The second-order valence-electron chi connectivity index (χ2n) is 5.11. The molecule has 0 saturated carbocycles. The van der Waals surface area contributed by atoms with E-state index in [1.807, 2.05) is 0 Å². The van der Waals surface area contributed by atoms with Gasteiger partial charge in [-0.3, -0.25) is 4.79 Å². The molecule has 4 N–H and O–H groups in total. The van der Waals surface area contributed by atoms with Crippen LogP contribution >= 0.6 is 0 Å². The van der Waals surface area contributed by atoms with Crippen LogP contribution in [0.15, 0.2) is 18.2 Å². The Balaban J connectivity index is 1.93. The Kier molecular flexibility index (Phi) is 4.69. The summed E-state index contributed by atoms with van der Waals surface area (Å²) in [7, 11) is 0. The quantitative estimate of drug-likeness (QED) is 0.736. The maximum absolute atomic E-state index is 13.6. The first-order chi connectivity index (χ1) is 9.50. The molecule has 20 heavy (non-hydrogen) atoms. The summed E-state index contributed by atoms with van der Waals surface area (Å²) in [5.41, 5.74) is 4.98. The summed E-state index contributed by atoms with van der Waals surface area (Å²) in [5.74, 6) is -0.990. The fourth-order valence-corrected chi connectivity index (χ4v) is 2.22. The number of hydrogen-bond donors (Lipinski definition) is 3. The van der Waals surface area contributed by atoms with Gasteiger partial charge in [0.2, 0.25) is 5.91 Å². The normalized spacial score (nSPS) is 17.9. The van der Waals surface area contributed by atoms with Crippen molar-refractivity contribution in [2.45, 2.75) is 25.0 Å². The molecule has 0 bridgehead atoms. The Morgan fingerprint density at radius 2 is 2.15 bits per heavy atom. The number of nitrogens with one attached hydrogen (secondary N) is 1. The molecule has 1 fully saturated rings. The molecule has 1 aliphatic heterocycles. The topological polar surface area (TPSA) is 84.6 Å². The summed E-state index contributed by atoms with van der Waals surface area (Å²) < 4.78 is 18.8. The summed E-state index contributed by atoms with van der Waals surface area (Å²) in [6.07, 6.45) is 1.12. The van der Waals surface area contributed by atoms with Crippen molar-refractivity contribution in [1.29, 1.82) is 0 Å². The SMILES string of the molecule is NC(=O)c1ccc(F)c(CNCC2(O)CCOCC2)c1. The highest BCUT2D eigenvalue weighted by Crippen LogP contribution is 2.19. The van der Waals surface area contributed by atoms with Crippen molar-refractivity contribution in [1.82, 2.24) is 5.32 Å². The molecule has 0 unspecified atom stereocenters. The molecule has 0 spiro atoms. The molecule has 0 atom stereocenters. The van der Waals surface area contributed by atoms with Gasteiger partial charge in [-0.2, -0.15) is 0 Å². The highest BCUT2D eigenvalue weighted by atomic mass is 19.1. The van der Waals surface area contributed by atoms with E-state index in [1.54, 1.807) is 0 Å². The van der Waals surface area contributed by atoms with Crippen LogP contribution < -0.4 is 11.1 Å². The van der Waals surface area contributed by atoms with E-state index >= 15 is 0 Å². The van der Waals surface area contributed by atoms with Gasteiger partial charge in [0, 0.05) is 50.3 Å². The van der Waals surface area contributed by atoms with Crippen LogP contribution in [0.5, 0.6) is 0 Å². The predicted molar refractivity (Wildman–Crippen MR) is 71.6 cm³/mol. The molecule has 0 aliphatic carbocycles. The zero-order valence-electron chi connectivity index (χ0n) is 11.2. The number of aliphatic hydroxyl groups is 1. The first-order valence-electron chi connectivity index (χ1n) is 6.59. The molecule has 5 nitrogen and oxygen atoms in total. The van der Waals surface area contributed by atoms with Gasteiger partial charge in [0.1, 0.15) is 5.82 Å². The molecule has 0 radical (unpaired) electrons. The average molecular weight is 282 g/mol. The molecule has 6 heteroatoms. The predicted octanol–water partition coefficient (Wildman–Crippen LogP) is 0.556. The van der Waals surface area contributed by atoms with Crippen molar-refractivity contribution in [3.05, 3.63) is 35.1 Å². The van der Waals surface area contributed by atoms with Crippen LogP contribution in [0, 0.1) is 5.82 Å². The summed E-state index contributed by atoms with van der Waals surface area (Å²) in [6.45, 7) is 1.65. The fraction of sp³-hybridized carbons (Fsp3) is 0.500. The third kappa shape index (κ3) is 3.75. The van der Waals surface area contributed by atoms with Crippen LogP contribution in [0.1, 0.15) is 28.8 Å². The van der Waals surface area contributed by atoms with Crippen molar-refractivity contribution >= 4 is 5.91 Å². The van der Waals surface area contributed by atoms with E-state index in [0.29, 0.717) is 38.2 Å². The van der Waals surface area contributed by atoms with Crippen LogP contribution in [0.25, 0.3) is 0 Å². The number of hydrogen-bond acceptors (Lipinski definition) is 4. The van der Waals surface area contributed by atoms with Gasteiger partial charge in [-0.1, -0.05) is 0 Å². The van der Waals surface area contributed by atoms with E-state index in [2.05, 4.69) is 5.32 Å². The number of nitrogens with two attached hydrogens (primary N) is 1. The number of benzene rings is 1. The second kappa shape index (κ2) is 6.30. The van der Waals surface area contributed by atoms with E-state index in [1.165, 1.54) is 18.2 Å². The van der Waals surface area contributed by atoms with E-state index in [-0.39, 0.29) is 12.1 Å². The number of amides is 1. The van der Waals surface area contributed by atoms with Gasteiger partial charge in [-0.15, -0.1) is 0 Å². The largest absolute Gasteiger partial charge is 0.388 e. The molecule has 1 aliphatic rings. The van der Waals surface area contributed by atoms with Gasteiger partial charge in [-0.25, -0.2) is 4.39 Å². The first kappa shape index (κ1) is 14.9. The highest BCUT2D eigenvalue weighted by Gasteiger charge is 2.29. The Morgan fingerprint density at radius 3 is 2.80 bits per heavy atom. The van der Waals surface area contributed by atoms with Gasteiger partial charge in [-0.05, 0) is 18.2 Å². The van der Waals surface area contributed by atoms with Crippen molar-refractivity contribution < 1.29 is 19.0 Å². The first-order valence-corrected chi connectivity index (χ1v) is 6.59. The number of carbonyl (C=O) groups excluding carboxylic acids is 1. The van der Waals surface area contributed by atoms with Crippen LogP contribution in [-0.4, -0.2) is 36.4 Å². The van der Waals surface area contributed by atoms with Gasteiger partial charge < -0.3 is 20.9 Å². The molecule has 1 aromatic carbocycles. The van der Waals surface area contributed by atoms with Gasteiger partial charge in [0.25, 0.3) is 0 Å². The smallest absolute Gasteiger partial charge is 0.248 e. The van der Waals surface area contributed by atoms with E-state index in [0.717, 1.165) is 0 Å². The number of rotatable bonds is 5. The third-order valence-corrected chi connectivity index (χ3v) is 3.52. The van der Waals surface area contributed by atoms with Gasteiger partial charge >= 0.3 is 0 Å². The molecule has 1 aromatic rings. The van der Waals surface area contributed by atoms with Gasteiger partial charge in [0.05, 0.1) is 5.60 Å². The molecule has 1 amide bonds. The number of carbonyl (C=O) groups is 1. The minimum Gasteiger partial charge on any atom is -0.388 e. The Labute approximate surface area is 116 Å². The summed E-state index contributed by atoms with van der Waals surface area (Å²) in [5, 5.41) is 13.3. The average Bonchev–Trinajstić information content (AvgIpc) is 2.41. The summed E-state index contributed by atoms with van der Waals surface area (Å²) in [4.78, 5) is 11.1. The van der Waals surface area contributed by atoms with Gasteiger partial charge in [0.15, 0.2) is 0 Å². The Morgan fingerprint density at radius 1 is 1.45 bits per heavy atom. The van der Waals surface area contributed by atoms with E-state index < -0.39 is 17.3 Å². The van der Waals surface area contributed by atoms with Crippen molar-refractivity contribution in [3.63, 3.8) is 0 Å². The zero-order valence-corrected chi connectivity index (χ0v) is 11.2.